The highest BCUT2D eigenvalue weighted by atomic mass is 35.5. The molecule has 4 heteroatoms. The molecular formula is C15H23ClN2O. The van der Waals surface area contributed by atoms with Crippen molar-refractivity contribution in [2.75, 3.05) is 20.1 Å². The molecule has 1 aromatic carbocycles. The van der Waals surface area contributed by atoms with E-state index in [-0.39, 0.29) is 24.4 Å². The summed E-state index contributed by atoms with van der Waals surface area (Å²) in [6, 6.07) is 10.3. The Morgan fingerprint density at radius 1 is 1.42 bits per heavy atom. The molecule has 106 valence electrons. The van der Waals surface area contributed by atoms with Crippen LogP contribution in [0.2, 0.25) is 0 Å². The maximum Gasteiger partial charge on any atom is 0.223 e. The number of hydrogen-bond donors (Lipinski definition) is 1. The molecule has 3 nitrogen and oxygen atoms in total. The number of carbonyl (C=O) groups excluding carboxylic acids is 1. The summed E-state index contributed by atoms with van der Waals surface area (Å²) in [7, 11) is 1.91. The topological polar surface area (TPSA) is 32.3 Å². The molecule has 2 atom stereocenters. The molecular weight excluding hydrogens is 260 g/mol. The third-order valence-corrected chi connectivity index (χ3v) is 3.88. The van der Waals surface area contributed by atoms with Gasteiger partial charge in [-0.15, -0.1) is 12.4 Å². The first-order valence-electron chi connectivity index (χ1n) is 6.70. The summed E-state index contributed by atoms with van der Waals surface area (Å²) in [5.74, 6) is 0.767. The van der Waals surface area contributed by atoms with Crippen LogP contribution in [0.25, 0.3) is 0 Å². The number of amides is 1. The van der Waals surface area contributed by atoms with Gasteiger partial charge in [0.05, 0.1) is 6.04 Å². The van der Waals surface area contributed by atoms with E-state index in [0.717, 1.165) is 19.5 Å². The summed E-state index contributed by atoms with van der Waals surface area (Å²) >= 11 is 0. The van der Waals surface area contributed by atoms with E-state index in [2.05, 4.69) is 24.4 Å². The zero-order valence-corrected chi connectivity index (χ0v) is 12.5. The maximum atomic E-state index is 12.2. The lowest BCUT2D eigenvalue weighted by atomic mass is 10.0. The second-order valence-corrected chi connectivity index (χ2v) is 5.15. The maximum absolute atomic E-state index is 12.2. The Balaban J connectivity index is 0.00000180. The van der Waals surface area contributed by atoms with Crippen molar-refractivity contribution in [1.29, 1.82) is 0 Å². The van der Waals surface area contributed by atoms with Crippen molar-refractivity contribution in [3.8, 4) is 0 Å². The molecule has 1 aromatic rings. The van der Waals surface area contributed by atoms with Crippen LogP contribution in [0.15, 0.2) is 30.3 Å². The van der Waals surface area contributed by atoms with Crippen LogP contribution in [0.5, 0.6) is 0 Å². The van der Waals surface area contributed by atoms with E-state index in [1.54, 1.807) is 0 Å². The van der Waals surface area contributed by atoms with Crippen LogP contribution in [0.3, 0.4) is 0 Å². The number of rotatable bonds is 4. The number of hydrogen-bond acceptors (Lipinski definition) is 2. The molecule has 0 bridgehead atoms. The summed E-state index contributed by atoms with van der Waals surface area (Å²) in [5.41, 5.74) is 1.19. The Morgan fingerprint density at radius 3 is 2.68 bits per heavy atom. The van der Waals surface area contributed by atoms with Crippen molar-refractivity contribution >= 4 is 18.3 Å². The number of halogens is 1. The highest BCUT2D eigenvalue weighted by Crippen LogP contribution is 2.21. The van der Waals surface area contributed by atoms with Gasteiger partial charge in [0.25, 0.3) is 0 Å². The minimum Gasteiger partial charge on any atom is -0.339 e. The summed E-state index contributed by atoms with van der Waals surface area (Å²) in [5, 5.41) is 3.31. The molecule has 2 unspecified atom stereocenters. The lowest BCUT2D eigenvalue weighted by Gasteiger charge is -2.26. The van der Waals surface area contributed by atoms with Crippen LogP contribution in [0, 0.1) is 5.92 Å². The zero-order chi connectivity index (χ0) is 13.0. The highest BCUT2D eigenvalue weighted by Gasteiger charge is 2.22. The fourth-order valence-corrected chi connectivity index (χ4v) is 2.45. The van der Waals surface area contributed by atoms with Crippen LogP contribution >= 0.6 is 12.4 Å². The lowest BCUT2D eigenvalue weighted by molar-refractivity contribution is -0.132. The van der Waals surface area contributed by atoms with Crippen molar-refractivity contribution in [2.45, 2.75) is 25.8 Å². The first-order valence-corrected chi connectivity index (χ1v) is 6.70. The highest BCUT2D eigenvalue weighted by molar-refractivity contribution is 5.85. The second kappa shape index (κ2) is 7.51. The van der Waals surface area contributed by atoms with Crippen molar-refractivity contribution in [2.24, 2.45) is 5.92 Å². The molecule has 1 fully saturated rings. The molecule has 0 saturated carbocycles. The first kappa shape index (κ1) is 16.0. The third-order valence-electron chi connectivity index (χ3n) is 3.88. The van der Waals surface area contributed by atoms with E-state index in [4.69, 9.17) is 0 Å². The van der Waals surface area contributed by atoms with Crippen molar-refractivity contribution in [1.82, 2.24) is 10.2 Å². The fraction of sp³-hybridized carbons (Fsp3) is 0.533. The van der Waals surface area contributed by atoms with Crippen LogP contribution < -0.4 is 5.32 Å². The predicted molar refractivity (Wildman–Crippen MR) is 80.5 cm³/mol. The lowest BCUT2D eigenvalue weighted by Crippen LogP contribution is -2.31. The molecule has 0 aromatic heterocycles. The standard InChI is InChI=1S/C15H22N2O.ClH/c1-12(14-6-4-3-5-7-14)17(2)15(18)10-13-8-9-16-11-13;/h3-7,12-13,16H,8-11H2,1-2H3;1H. The fourth-order valence-electron chi connectivity index (χ4n) is 2.45. The molecule has 1 aliphatic rings. The van der Waals surface area contributed by atoms with Gasteiger partial charge >= 0.3 is 0 Å². The third kappa shape index (κ3) is 4.22. The van der Waals surface area contributed by atoms with E-state index in [1.807, 2.05) is 30.1 Å². The monoisotopic (exact) mass is 282 g/mol. The zero-order valence-electron chi connectivity index (χ0n) is 11.6. The van der Waals surface area contributed by atoms with E-state index in [9.17, 15) is 4.79 Å². The van der Waals surface area contributed by atoms with Crippen LogP contribution in [-0.4, -0.2) is 30.9 Å². The van der Waals surface area contributed by atoms with Gasteiger partial charge in [-0.2, -0.15) is 0 Å². The Bertz CT molecular complexity index is 390. The quantitative estimate of drug-likeness (QED) is 0.921. The number of carbonyl (C=O) groups is 1. The molecule has 0 radical (unpaired) electrons. The summed E-state index contributed by atoms with van der Waals surface area (Å²) < 4.78 is 0. The number of nitrogens with zero attached hydrogens (tertiary/aromatic N) is 1. The average Bonchev–Trinajstić information content (AvgIpc) is 2.91. The molecule has 1 aliphatic heterocycles. The summed E-state index contributed by atoms with van der Waals surface area (Å²) in [4.78, 5) is 14.1. The van der Waals surface area contributed by atoms with E-state index >= 15 is 0 Å². The molecule has 0 aliphatic carbocycles. The van der Waals surface area contributed by atoms with Crippen LogP contribution in [0.1, 0.15) is 31.4 Å². The minimum atomic E-state index is 0. The Hall–Kier alpha value is -1.06. The van der Waals surface area contributed by atoms with Gasteiger partial charge in [-0.05, 0) is 37.9 Å². The Morgan fingerprint density at radius 2 is 2.11 bits per heavy atom. The van der Waals surface area contributed by atoms with Crippen LogP contribution in [-0.2, 0) is 4.79 Å². The molecule has 2 rings (SSSR count). The van der Waals surface area contributed by atoms with Gasteiger partial charge in [0.1, 0.15) is 0 Å². The van der Waals surface area contributed by atoms with Crippen molar-refractivity contribution in [3.05, 3.63) is 35.9 Å². The average molecular weight is 283 g/mol. The normalized spacial score (nSPS) is 19.6. The van der Waals surface area contributed by atoms with E-state index in [0.29, 0.717) is 12.3 Å². The molecule has 1 saturated heterocycles. The number of benzene rings is 1. The van der Waals surface area contributed by atoms with Crippen LogP contribution in [0.4, 0.5) is 0 Å². The molecule has 19 heavy (non-hydrogen) atoms. The van der Waals surface area contributed by atoms with Gasteiger partial charge < -0.3 is 10.2 Å². The SMILES string of the molecule is CC(c1ccccc1)N(C)C(=O)CC1CCNC1.Cl. The van der Waals surface area contributed by atoms with Crippen molar-refractivity contribution < 1.29 is 4.79 Å². The predicted octanol–water partition coefficient (Wildman–Crippen LogP) is 2.63. The van der Waals surface area contributed by atoms with Gasteiger partial charge in [-0.3, -0.25) is 4.79 Å². The van der Waals surface area contributed by atoms with Gasteiger partial charge in [0.15, 0.2) is 0 Å². The number of nitrogens with one attached hydrogen (secondary N) is 1. The largest absolute Gasteiger partial charge is 0.339 e. The van der Waals surface area contributed by atoms with Gasteiger partial charge in [-0.1, -0.05) is 30.3 Å². The summed E-state index contributed by atoms with van der Waals surface area (Å²) in [6.07, 6.45) is 1.79. The van der Waals surface area contributed by atoms with E-state index < -0.39 is 0 Å². The second-order valence-electron chi connectivity index (χ2n) is 5.15. The van der Waals surface area contributed by atoms with Gasteiger partial charge in [0.2, 0.25) is 5.91 Å². The Kier molecular flexibility index (Phi) is 6.32. The van der Waals surface area contributed by atoms with Crippen molar-refractivity contribution in [3.63, 3.8) is 0 Å². The van der Waals surface area contributed by atoms with Gasteiger partial charge in [-0.25, -0.2) is 0 Å². The summed E-state index contributed by atoms with van der Waals surface area (Å²) in [6.45, 7) is 4.12. The molecule has 1 N–H and O–H groups in total. The smallest absolute Gasteiger partial charge is 0.223 e. The Labute approximate surface area is 121 Å². The van der Waals surface area contributed by atoms with E-state index in [1.165, 1.54) is 5.56 Å². The minimum absolute atomic E-state index is 0. The molecule has 0 spiro atoms. The molecule has 1 heterocycles. The first-order chi connectivity index (χ1) is 8.68. The molecule has 1 amide bonds. The van der Waals surface area contributed by atoms with Gasteiger partial charge in [0, 0.05) is 13.5 Å².